The van der Waals surface area contributed by atoms with E-state index >= 15 is 0 Å². The Kier molecular flexibility index (Phi) is 4.46. The van der Waals surface area contributed by atoms with Crippen molar-refractivity contribution >= 4 is 21.6 Å². The third-order valence-corrected chi connectivity index (χ3v) is 4.66. The minimum absolute atomic E-state index is 0.0422. The normalized spacial score (nSPS) is 11.0. The van der Waals surface area contributed by atoms with Gasteiger partial charge in [-0.05, 0) is 43.2 Å². The molecule has 0 aromatic heterocycles. The fraction of sp³-hybridized carbons (Fsp3) is 0.133. The standard InChI is InChI=1S/C15H14N2O5S/c1-10-6-7-14(8-11(10)2)23(21,22)16-15(18)12-4-3-5-13(9-12)17(19)20/h3-9H,1-2H3,(H,16,18). The van der Waals surface area contributed by atoms with Crippen LogP contribution in [0, 0.1) is 24.0 Å². The van der Waals surface area contributed by atoms with Crippen molar-refractivity contribution in [2.75, 3.05) is 0 Å². The van der Waals surface area contributed by atoms with Crippen molar-refractivity contribution in [1.82, 2.24) is 4.72 Å². The first-order valence-corrected chi connectivity index (χ1v) is 8.08. The molecule has 23 heavy (non-hydrogen) atoms. The van der Waals surface area contributed by atoms with Crippen LogP contribution in [0.15, 0.2) is 47.4 Å². The van der Waals surface area contributed by atoms with Crippen LogP contribution in [0.25, 0.3) is 0 Å². The van der Waals surface area contributed by atoms with E-state index in [1.54, 1.807) is 13.0 Å². The molecule has 0 unspecified atom stereocenters. The lowest BCUT2D eigenvalue weighted by Crippen LogP contribution is -2.30. The molecule has 0 saturated heterocycles. The van der Waals surface area contributed by atoms with E-state index in [0.717, 1.165) is 17.2 Å². The molecule has 0 aliphatic carbocycles. The first-order chi connectivity index (χ1) is 10.7. The number of rotatable bonds is 4. The minimum Gasteiger partial charge on any atom is -0.268 e. The van der Waals surface area contributed by atoms with Gasteiger partial charge in [-0.2, -0.15) is 0 Å². The van der Waals surface area contributed by atoms with Crippen LogP contribution >= 0.6 is 0 Å². The lowest BCUT2D eigenvalue weighted by molar-refractivity contribution is -0.384. The smallest absolute Gasteiger partial charge is 0.268 e. The topological polar surface area (TPSA) is 106 Å². The van der Waals surface area contributed by atoms with Crippen LogP contribution < -0.4 is 4.72 Å². The van der Waals surface area contributed by atoms with Crippen molar-refractivity contribution in [1.29, 1.82) is 0 Å². The molecule has 0 aliphatic rings. The maximum Gasteiger partial charge on any atom is 0.270 e. The highest BCUT2D eigenvalue weighted by atomic mass is 32.2. The molecule has 2 aromatic rings. The van der Waals surface area contributed by atoms with Crippen LogP contribution in [0.5, 0.6) is 0 Å². The van der Waals surface area contributed by atoms with Gasteiger partial charge in [-0.1, -0.05) is 12.1 Å². The molecule has 0 atom stereocenters. The Morgan fingerprint density at radius 1 is 1.09 bits per heavy atom. The van der Waals surface area contributed by atoms with Gasteiger partial charge in [0.2, 0.25) is 0 Å². The van der Waals surface area contributed by atoms with Crippen LogP contribution in [-0.4, -0.2) is 19.2 Å². The van der Waals surface area contributed by atoms with Gasteiger partial charge in [0.25, 0.3) is 21.6 Å². The predicted octanol–water partition coefficient (Wildman–Crippen LogP) is 2.33. The number of amides is 1. The highest BCUT2D eigenvalue weighted by Crippen LogP contribution is 2.16. The number of nitrogens with zero attached hydrogens (tertiary/aromatic N) is 1. The average molecular weight is 334 g/mol. The maximum atomic E-state index is 12.2. The summed E-state index contributed by atoms with van der Waals surface area (Å²) in [6.07, 6.45) is 0. The second kappa shape index (κ2) is 6.17. The third kappa shape index (κ3) is 3.72. The summed E-state index contributed by atoms with van der Waals surface area (Å²) in [4.78, 5) is 22.1. The van der Waals surface area contributed by atoms with Gasteiger partial charge in [-0.25, -0.2) is 13.1 Å². The van der Waals surface area contributed by atoms with Crippen LogP contribution in [0.1, 0.15) is 21.5 Å². The second-order valence-corrected chi connectivity index (χ2v) is 6.67. The van der Waals surface area contributed by atoms with Crippen molar-refractivity contribution in [3.63, 3.8) is 0 Å². The van der Waals surface area contributed by atoms with Gasteiger partial charge in [0.15, 0.2) is 0 Å². The van der Waals surface area contributed by atoms with E-state index in [9.17, 15) is 23.3 Å². The summed E-state index contributed by atoms with van der Waals surface area (Å²) in [5, 5.41) is 10.7. The molecule has 0 fully saturated rings. The van der Waals surface area contributed by atoms with Gasteiger partial charge < -0.3 is 0 Å². The monoisotopic (exact) mass is 334 g/mol. The van der Waals surface area contributed by atoms with E-state index in [4.69, 9.17) is 0 Å². The summed E-state index contributed by atoms with van der Waals surface area (Å²) in [6.45, 7) is 3.60. The third-order valence-electron chi connectivity index (χ3n) is 3.33. The van der Waals surface area contributed by atoms with Crippen LogP contribution in [0.3, 0.4) is 0 Å². The summed E-state index contributed by atoms with van der Waals surface area (Å²) in [5.41, 5.74) is 1.30. The van der Waals surface area contributed by atoms with Gasteiger partial charge >= 0.3 is 0 Å². The number of nitrogens with one attached hydrogen (secondary N) is 1. The molecular formula is C15H14N2O5S. The second-order valence-electron chi connectivity index (χ2n) is 4.99. The van der Waals surface area contributed by atoms with Gasteiger partial charge in [-0.15, -0.1) is 0 Å². The SMILES string of the molecule is Cc1ccc(S(=O)(=O)NC(=O)c2cccc([N+](=O)[O-])c2)cc1C. The molecule has 0 spiro atoms. The summed E-state index contributed by atoms with van der Waals surface area (Å²) < 4.78 is 26.4. The lowest BCUT2D eigenvalue weighted by atomic mass is 10.1. The molecule has 1 amide bonds. The Morgan fingerprint density at radius 2 is 1.78 bits per heavy atom. The van der Waals surface area contributed by atoms with E-state index in [2.05, 4.69) is 0 Å². The number of carbonyl (C=O) groups excluding carboxylic acids is 1. The summed E-state index contributed by atoms with van der Waals surface area (Å²) >= 11 is 0. The Morgan fingerprint density at radius 3 is 2.39 bits per heavy atom. The molecular weight excluding hydrogens is 320 g/mol. The zero-order chi connectivity index (χ0) is 17.2. The van der Waals surface area contributed by atoms with Crippen LogP contribution in [-0.2, 0) is 10.0 Å². The molecule has 0 saturated carbocycles. The van der Waals surface area contributed by atoms with Gasteiger partial charge in [0.05, 0.1) is 9.82 Å². The molecule has 0 heterocycles. The lowest BCUT2D eigenvalue weighted by Gasteiger charge is -2.08. The number of benzene rings is 2. The van der Waals surface area contributed by atoms with E-state index in [0.29, 0.717) is 0 Å². The Labute approximate surface area is 133 Å². The highest BCUT2D eigenvalue weighted by Gasteiger charge is 2.20. The average Bonchev–Trinajstić information content (AvgIpc) is 2.49. The first kappa shape index (κ1) is 16.6. The largest absolute Gasteiger partial charge is 0.270 e. The number of nitro groups is 1. The van der Waals surface area contributed by atoms with Crippen molar-refractivity contribution in [2.24, 2.45) is 0 Å². The number of non-ortho nitro benzene ring substituents is 1. The quantitative estimate of drug-likeness (QED) is 0.682. The van der Waals surface area contributed by atoms with E-state index in [1.165, 1.54) is 30.3 Å². The fourth-order valence-corrected chi connectivity index (χ4v) is 2.94. The van der Waals surface area contributed by atoms with Crippen molar-refractivity contribution in [2.45, 2.75) is 18.7 Å². The summed E-state index contributed by atoms with van der Waals surface area (Å²) in [7, 11) is -4.05. The van der Waals surface area contributed by atoms with Gasteiger partial charge in [0, 0.05) is 17.7 Å². The van der Waals surface area contributed by atoms with E-state index < -0.39 is 20.9 Å². The highest BCUT2D eigenvalue weighted by molar-refractivity contribution is 7.90. The van der Waals surface area contributed by atoms with Crippen LogP contribution in [0.4, 0.5) is 5.69 Å². The van der Waals surface area contributed by atoms with Crippen LogP contribution in [0.2, 0.25) is 0 Å². The number of hydrogen-bond acceptors (Lipinski definition) is 5. The fourth-order valence-electron chi connectivity index (χ4n) is 1.88. The molecule has 7 nitrogen and oxygen atoms in total. The number of sulfonamides is 1. The molecule has 2 rings (SSSR count). The van der Waals surface area contributed by atoms with Crippen molar-refractivity contribution in [3.8, 4) is 0 Å². The molecule has 120 valence electrons. The van der Waals surface area contributed by atoms with Gasteiger partial charge in [-0.3, -0.25) is 14.9 Å². The Bertz CT molecular complexity index is 890. The molecule has 0 bridgehead atoms. The van der Waals surface area contributed by atoms with Crippen molar-refractivity contribution in [3.05, 3.63) is 69.3 Å². The minimum atomic E-state index is -4.05. The van der Waals surface area contributed by atoms with Gasteiger partial charge in [0.1, 0.15) is 0 Å². The van der Waals surface area contributed by atoms with Crippen molar-refractivity contribution < 1.29 is 18.1 Å². The zero-order valence-electron chi connectivity index (χ0n) is 12.4. The molecule has 0 aliphatic heterocycles. The maximum absolute atomic E-state index is 12.2. The first-order valence-electron chi connectivity index (χ1n) is 6.59. The summed E-state index contributed by atoms with van der Waals surface area (Å²) in [6, 6.07) is 9.35. The predicted molar refractivity (Wildman–Crippen MR) is 83.7 cm³/mol. The summed E-state index contributed by atoms with van der Waals surface area (Å²) in [5.74, 6) is -0.924. The van der Waals surface area contributed by atoms with E-state index in [1.807, 2.05) is 11.6 Å². The Hall–Kier alpha value is -2.74. The number of aryl methyl sites for hydroxylation is 2. The number of carbonyl (C=O) groups is 1. The number of nitro benzene ring substituents is 1. The zero-order valence-corrected chi connectivity index (χ0v) is 13.3. The Balaban J connectivity index is 2.29. The molecule has 8 heteroatoms. The van der Waals surface area contributed by atoms with E-state index in [-0.39, 0.29) is 16.1 Å². The molecule has 0 radical (unpaired) electrons. The molecule has 2 aromatic carbocycles. The number of hydrogen-bond donors (Lipinski definition) is 1. The molecule has 1 N–H and O–H groups in total.